The molecule has 0 spiro atoms. The molecular formula is C12H8N2O2. The van der Waals surface area contributed by atoms with E-state index >= 15 is 0 Å². The lowest BCUT2D eigenvalue weighted by atomic mass is 10.2. The zero-order chi connectivity index (χ0) is 11.1. The molecule has 0 atom stereocenters. The SMILES string of the molecule is O=[n+]1c2ccccc2n([O-])c2ccccc21. The van der Waals surface area contributed by atoms with E-state index in [9.17, 15) is 10.1 Å². The molecule has 0 aliphatic rings. The largest absolute Gasteiger partial charge is 0.805 e. The Morgan fingerprint density at radius 3 is 1.81 bits per heavy atom. The molecule has 3 aromatic rings. The molecule has 0 saturated heterocycles. The summed E-state index contributed by atoms with van der Waals surface area (Å²) in [5.74, 6) is 0. The van der Waals surface area contributed by atoms with Gasteiger partial charge in [-0.05, 0) is 12.1 Å². The molecule has 0 aliphatic carbocycles. The van der Waals surface area contributed by atoms with Gasteiger partial charge < -0.3 is 9.94 Å². The van der Waals surface area contributed by atoms with Crippen LogP contribution in [0.5, 0.6) is 0 Å². The van der Waals surface area contributed by atoms with E-state index in [1.54, 1.807) is 48.5 Å². The van der Waals surface area contributed by atoms with Crippen LogP contribution in [0, 0.1) is 10.1 Å². The second-order valence-corrected chi connectivity index (χ2v) is 3.57. The molecule has 16 heavy (non-hydrogen) atoms. The van der Waals surface area contributed by atoms with Gasteiger partial charge in [0.1, 0.15) is 11.0 Å². The van der Waals surface area contributed by atoms with Crippen molar-refractivity contribution in [1.29, 1.82) is 0 Å². The summed E-state index contributed by atoms with van der Waals surface area (Å²) >= 11 is 0. The van der Waals surface area contributed by atoms with Crippen LogP contribution < -0.4 is 4.43 Å². The molecule has 0 unspecified atom stereocenters. The van der Waals surface area contributed by atoms with Crippen molar-refractivity contribution in [3.63, 3.8) is 0 Å². The standard InChI is InChI=1S/C12H8N2O2/c15-13-9-5-1-2-6-10(9)14(16)12-8-4-3-7-11(12)13/h1-8H. The fourth-order valence-corrected chi connectivity index (χ4v) is 1.87. The van der Waals surface area contributed by atoms with E-state index in [1.807, 2.05) is 0 Å². The van der Waals surface area contributed by atoms with Crippen LogP contribution in [0.2, 0.25) is 0 Å². The molecule has 3 rings (SSSR count). The maximum absolute atomic E-state index is 12.0. The van der Waals surface area contributed by atoms with E-state index in [0.29, 0.717) is 22.1 Å². The summed E-state index contributed by atoms with van der Waals surface area (Å²) in [6.45, 7) is 0. The van der Waals surface area contributed by atoms with Crippen molar-refractivity contribution in [2.24, 2.45) is 0 Å². The molecule has 0 bridgehead atoms. The molecule has 0 aliphatic heterocycles. The number of aromatic nitrogens is 2. The van der Waals surface area contributed by atoms with Crippen molar-refractivity contribution >= 4 is 22.1 Å². The lowest BCUT2D eigenvalue weighted by Gasteiger charge is -2.13. The summed E-state index contributed by atoms with van der Waals surface area (Å²) in [4.78, 5) is 12.0. The summed E-state index contributed by atoms with van der Waals surface area (Å²) in [5.41, 5.74) is 1.54. The second-order valence-electron chi connectivity index (χ2n) is 3.57. The van der Waals surface area contributed by atoms with Gasteiger partial charge in [-0.15, -0.1) is 0 Å². The monoisotopic (exact) mass is 212 g/mol. The second kappa shape index (κ2) is 3.06. The highest BCUT2D eigenvalue weighted by Gasteiger charge is 2.13. The van der Waals surface area contributed by atoms with E-state index in [-0.39, 0.29) is 0 Å². The first-order chi connectivity index (χ1) is 7.79. The number of benzene rings is 2. The normalized spacial score (nSPS) is 11.0. The molecule has 0 N–H and O–H groups in total. The van der Waals surface area contributed by atoms with E-state index in [1.165, 1.54) is 0 Å². The van der Waals surface area contributed by atoms with Crippen molar-refractivity contribution in [1.82, 2.24) is 4.73 Å². The van der Waals surface area contributed by atoms with Crippen LogP contribution in [-0.4, -0.2) is 4.73 Å². The third kappa shape index (κ3) is 1.04. The Hall–Kier alpha value is -2.36. The molecule has 0 saturated carbocycles. The highest BCUT2D eigenvalue weighted by molar-refractivity contribution is 5.82. The maximum Gasteiger partial charge on any atom is 0.286 e. The molecule has 4 heteroatoms. The molecule has 0 amide bonds. The highest BCUT2D eigenvalue weighted by Crippen LogP contribution is 2.15. The molecule has 78 valence electrons. The highest BCUT2D eigenvalue weighted by atomic mass is 16.5. The zero-order valence-electron chi connectivity index (χ0n) is 8.33. The van der Waals surface area contributed by atoms with Crippen molar-refractivity contribution < 1.29 is 4.43 Å². The lowest BCUT2D eigenvalue weighted by Crippen LogP contribution is -2.19. The quantitative estimate of drug-likeness (QED) is 0.423. The van der Waals surface area contributed by atoms with Gasteiger partial charge in [0.15, 0.2) is 0 Å². The van der Waals surface area contributed by atoms with Crippen molar-refractivity contribution in [2.75, 3.05) is 0 Å². The molecule has 0 radical (unpaired) electrons. The van der Waals surface area contributed by atoms with Crippen LogP contribution in [0.4, 0.5) is 0 Å². The first-order valence-corrected chi connectivity index (χ1v) is 4.91. The summed E-state index contributed by atoms with van der Waals surface area (Å²) in [6.07, 6.45) is 0. The van der Waals surface area contributed by atoms with Gasteiger partial charge in [-0.2, -0.15) is 0 Å². The van der Waals surface area contributed by atoms with Gasteiger partial charge in [-0.1, -0.05) is 24.3 Å². The van der Waals surface area contributed by atoms with Gasteiger partial charge in [0.25, 0.3) is 11.0 Å². The minimum Gasteiger partial charge on any atom is -0.805 e. The van der Waals surface area contributed by atoms with Gasteiger partial charge in [0.2, 0.25) is 0 Å². The van der Waals surface area contributed by atoms with Crippen LogP contribution >= 0.6 is 0 Å². The predicted octanol–water partition coefficient (Wildman–Crippen LogP) is 2.05. The van der Waals surface area contributed by atoms with Gasteiger partial charge >= 0.3 is 0 Å². The van der Waals surface area contributed by atoms with Crippen molar-refractivity contribution in [3.8, 4) is 0 Å². The summed E-state index contributed by atoms with van der Waals surface area (Å²) < 4.78 is 1.58. The Kier molecular flexibility index (Phi) is 1.71. The van der Waals surface area contributed by atoms with E-state index in [4.69, 9.17) is 0 Å². The van der Waals surface area contributed by atoms with Gasteiger partial charge in [0.05, 0.1) is 4.43 Å². The third-order valence-electron chi connectivity index (χ3n) is 2.64. The number of para-hydroxylation sites is 4. The Balaban J connectivity index is 2.73. The molecule has 0 fully saturated rings. The fraction of sp³-hybridized carbons (Fsp3) is 0. The lowest BCUT2D eigenvalue weighted by molar-refractivity contribution is -0.432. The molecule has 1 aromatic heterocycles. The molecular weight excluding hydrogens is 204 g/mol. The average molecular weight is 212 g/mol. The third-order valence-corrected chi connectivity index (χ3v) is 2.64. The summed E-state index contributed by atoms with van der Waals surface area (Å²) in [6, 6.07) is 13.5. The minimum absolute atomic E-state index is 0.385. The van der Waals surface area contributed by atoms with Crippen LogP contribution in [0.1, 0.15) is 0 Å². The Morgan fingerprint density at radius 1 is 0.875 bits per heavy atom. The zero-order valence-corrected chi connectivity index (χ0v) is 8.33. The van der Waals surface area contributed by atoms with Crippen LogP contribution in [0.15, 0.2) is 48.5 Å². The van der Waals surface area contributed by atoms with Gasteiger partial charge in [-0.3, -0.25) is 0 Å². The first kappa shape index (κ1) is 8.91. The average Bonchev–Trinajstić information content (AvgIpc) is 2.36. The number of rotatable bonds is 0. The smallest absolute Gasteiger partial charge is 0.286 e. The number of fused-ring (bicyclic) bond motifs is 2. The fourth-order valence-electron chi connectivity index (χ4n) is 1.87. The van der Waals surface area contributed by atoms with Gasteiger partial charge in [0, 0.05) is 17.0 Å². The van der Waals surface area contributed by atoms with Crippen LogP contribution in [0.25, 0.3) is 22.1 Å². The Morgan fingerprint density at radius 2 is 1.31 bits per heavy atom. The Bertz CT molecular complexity index is 687. The molecule has 1 heterocycles. The van der Waals surface area contributed by atoms with Crippen molar-refractivity contribution in [2.45, 2.75) is 0 Å². The number of hydrogen-bond donors (Lipinski definition) is 0. The van der Waals surface area contributed by atoms with E-state index in [2.05, 4.69) is 0 Å². The van der Waals surface area contributed by atoms with E-state index < -0.39 is 0 Å². The maximum atomic E-state index is 12.0. The summed E-state index contributed by atoms with van der Waals surface area (Å²) in [5, 5.41) is 12.0. The van der Waals surface area contributed by atoms with Crippen LogP contribution in [0.3, 0.4) is 0 Å². The number of hydrogen-bond acceptors (Lipinski definition) is 2. The minimum atomic E-state index is 0.385. The van der Waals surface area contributed by atoms with E-state index in [0.717, 1.165) is 9.16 Å². The molecule has 4 nitrogen and oxygen atoms in total. The van der Waals surface area contributed by atoms with Crippen LogP contribution in [-0.2, 0) is 0 Å². The van der Waals surface area contributed by atoms with Crippen molar-refractivity contribution in [3.05, 3.63) is 58.6 Å². The Labute approximate surface area is 90.5 Å². The van der Waals surface area contributed by atoms with Gasteiger partial charge in [-0.25, -0.2) is 0 Å². The molecule has 2 aromatic carbocycles. The number of nitrogens with zero attached hydrogens (tertiary/aromatic N) is 2. The summed E-state index contributed by atoms with van der Waals surface area (Å²) in [7, 11) is 0. The topological polar surface area (TPSA) is 51.0 Å². The first-order valence-electron chi connectivity index (χ1n) is 4.91. The predicted molar refractivity (Wildman–Crippen MR) is 61.6 cm³/mol.